The van der Waals surface area contributed by atoms with Crippen LogP contribution in [0.2, 0.25) is 0 Å². The Morgan fingerprint density at radius 3 is 2.50 bits per heavy atom. The molecule has 106 valence electrons. The Hall–Kier alpha value is -2.21. The topological polar surface area (TPSA) is 83.0 Å². The highest BCUT2D eigenvalue weighted by atomic mass is 16.5. The Morgan fingerprint density at radius 2 is 2.00 bits per heavy atom. The molecule has 0 saturated heterocycles. The molecule has 0 atom stereocenters. The van der Waals surface area contributed by atoms with Crippen LogP contribution < -0.4 is 5.73 Å². The fourth-order valence-electron chi connectivity index (χ4n) is 2.09. The molecule has 0 spiro atoms. The highest BCUT2D eigenvalue weighted by molar-refractivity contribution is 5.89. The summed E-state index contributed by atoms with van der Waals surface area (Å²) in [5.74, 6) is -0.106. The summed E-state index contributed by atoms with van der Waals surface area (Å²) < 4.78 is 6.43. The van der Waals surface area contributed by atoms with Gasteiger partial charge in [-0.05, 0) is 30.2 Å². The van der Waals surface area contributed by atoms with E-state index in [0.29, 0.717) is 12.1 Å². The molecule has 0 amide bonds. The fourth-order valence-corrected chi connectivity index (χ4v) is 2.09. The Labute approximate surface area is 117 Å². The molecular weight excluding hydrogens is 256 g/mol. The summed E-state index contributed by atoms with van der Waals surface area (Å²) >= 11 is 0. The lowest BCUT2D eigenvalue weighted by Gasteiger charge is -2.10. The van der Waals surface area contributed by atoms with Crippen LogP contribution in [0.15, 0.2) is 24.3 Å². The van der Waals surface area contributed by atoms with Gasteiger partial charge in [-0.15, -0.1) is 5.10 Å². The van der Waals surface area contributed by atoms with Gasteiger partial charge in [0.1, 0.15) is 5.69 Å². The van der Waals surface area contributed by atoms with Crippen molar-refractivity contribution in [3.8, 4) is 5.69 Å². The van der Waals surface area contributed by atoms with E-state index >= 15 is 0 Å². The van der Waals surface area contributed by atoms with E-state index in [1.807, 2.05) is 12.1 Å². The number of rotatable bonds is 4. The molecule has 2 rings (SSSR count). The average Bonchev–Trinajstić information content (AvgIpc) is 2.90. The maximum atomic E-state index is 11.4. The van der Waals surface area contributed by atoms with Crippen LogP contribution in [0, 0.1) is 0 Å². The molecule has 6 nitrogen and oxygen atoms in total. The Kier molecular flexibility index (Phi) is 4.14. The van der Waals surface area contributed by atoms with Crippen molar-refractivity contribution in [2.45, 2.75) is 26.3 Å². The lowest BCUT2D eigenvalue weighted by molar-refractivity contribution is 0.0601. The van der Waals surface area contributed by atoms with Gasteiger partial charge in [-0.2, -0.15) is 0 Å². The van der Waals surface area contributed by atoms with Gasteiger partial charge < -0.3 is 10.5 Å². The summed E-state index contributed by atoms with van der Waals surface area (Å²) in [4.78, 5) is 11.4. The Morgan fingerprint density at radius 1 is 1.35 bits per heavy atom. The molecule has 20 heavy (non-hydrogen) atoms. The van der Waals surface area contributed by atoms with E-state index in [2.05, 4.69) is 28.9 Å². The minimum Gasteiger partial charge on any atom is -0.465 e. The molecule has 1 heterocycles. The molecule has 0 fully saturated rings. The molecule has 0 aliphatic heterocycles. The summed E-state index contributed by atoms with van der Waals surface area (Å²) in [6.07, 6.45) is 0. The highest BCUT2D eigenvalue weighted by Crippen LogP contribution is 2.21. The van der Waals surface area contributed by atoms with E-state index in [1.54, 1.807) is 16.8 Å². The number of carbonyl (C=O) groups excluding carboxylic acids is 1. The second-order valence-corrected chi connectivity index (χ2v) is 4.73. The molecule has 0 bridgehead atoms. The van der Waals surface area contributed by atoms with Crippen molar-refractivity contribution in [3.63, 3.8) is 0 Å². The second kappa shape index (κ2) is 5.83. The number of ether oxygens (including phenoxy) is 1. The number of benzene rings is 1. The summed E-state index contributed by atoms with van der Waals surface area (Å²) in [7, 11) is 1.36. The molecule has 0 aliphatic carbocycles. The molecule has 0 aliphatic rings. The van der Waals surface area contributed by atoms with Gasteiger partial charge in [0.2, 0.25) is 0 Å². The first kappa shape index (κ1) is 14.2. The van der Waals surface area contributed by atoms with Crippen LogP contribution in [0.25, 0.3) is 5.69 Å². The third kappa shape index (κ3) is 2.55. The summed E-state index contributed by atoms with van der Waals surface area (Å²) in [5.41, 5.74) is 8.80. The van der Waals surface area contributed by atoms with Crippen LogP contribution in [0.4, 0.5) is 0 Å². The van der Waals surface area contributed by atoms with Gasteiger partial charge in [-0.3, -0.25) is 0 Å². The van der Waals surface area contributed by atoms with Gasteiger partial charge in [-0.1, -0.05) is 19.1 Å². The first-order valence-corrected chi connectivity index (χ1v) is 6.41. The number of nitrogens with zero attached hydrogens (tertiary/aromatic N) is 3. The van der Waals surface area contributed by atoms with Gasteiger partial charge >= 0.3 is 5.97 Å². The van der Waals surface area contributed by atoms with E-state index < -0.39 is 0 Å². The SMILES string of the molecule is COC(=O)c1ccc(-n2nnc(CN)c2C(C)C)cc1. The number of nitrogens with two attached hydrogens (primary N) is 1. The van der Waals surface area contributed by atoms with Crippen LogP contribution in [-0.4, -0.2) is 28.1 Å². The fraction of sp³-hybridized carbons (Fsp3) is 0.357. The van der Waals surface area contributed by atoms with Crippen LogP contribution in [0.5, 0.6) is 0 Å². The zero-order chi connectivity index (χ0) is 14.7. The summed E-state index contributed by atoms with van der Waals surface area (Å²) in [6, 6.07) is 7.03. The lowest BCUT2D eigenvalue weighted by Crippen LogP contribution is -2.08. The van der Waals surface area contributed by atoms with Crippen LogP contribution in [0.1, 0.15) is 41.5 Å². The van der Waals surface area contributed by atoms with Crippen LogP contribution in [0.3, 0.4) is 0 Å². The highest BCUT2D eigenvalue weighted by Gasteiger charge is 2.16. The van der Waals surface area contributed by atoms with Crippen molar-refractivity contribution >= 4 is 5.97 Å². The third-order valence-electron chi connectivity index (χ3n) is 3.05. The van der Waals surface area contributed by atoms with Gasteiger partial charge in [-0.25, -0.2) is 9.48 Å². The minimum atomic E-state index is -0.359. The number of methoxy groups -OCH3 is 1. The van der Waals surface area contributed by atoms with E-state index in [9.17, 15) is 4.79 Å². The van der Waals surface area contributed by atoms with E-state index in [4.69, 9.17) is 5.73 Å². The third-order valence-corrected chi connectivity index (χ3v) is 3.05. The normalized spacial score (nSPS) is 10.8. The zero-order valence-corrected chi connectivity index (χ0v) is 11.8. The number of esters is 1. The predicted octanol–water partition coefficient (Wildman–Crippen LogP) is 1.64. The Balaban J connectivity index is 2.42. The standard InChI is InChI=1S/C14H18N4O2/c1-9(2)13-12(8-15)16-17-18(13)11-6-4-10(5-7-11)14(19)20-3/h4-7,9H,8,15H2,1-3H3. The van der Waals surface area contributed by atoms with Crippen molar-refractivity contribution in [2.75, 3.05) is 7.11 Å². The first-order chi connectivity index (χ1) is 9.58. The largest absolute Gasteiger partial charge is 0.465 e. The molecule has 6 heteroatoms. The summed E-state index contributed by atoms with van der Waals surface area (Å²) in [5, 5.41) is 8.25. The molecule has 0 saturated carbocycles. The van der Waals surface area contributed by atoms with Crippen LogP contribution in [-0.2, 0) is 11.3 Å². The maximum Gasteiger partial charge on any atom is 0.337 e. The van der Waals surface area contributed by atoms with Gasteiger partial charge in [0.05, 0.1) is 24.1 Å². The second-order valence-electron chi connectivity index (χ2n) is 4.73. The van der Waals surface area contributed by atoms with E-state index in [-0.39, 0.29) is 11.9 Å². The van der Waals surface area contributed by atoms with Crippen molar-refractivity contribution in [1.82, 2.24) is 15.0 Å². The molecule has 2 aromatic rings. The molecule has 1 aromatic carbocycles. The van der Waals surface area contributed by atoms with Crippen molar-refractivity contribution in [2.24, 2.45) is 5.73 Å². The van der Waals surface area contributed by atoms with Crippen molar-refractivity contribution < 1.29 is 9.53 Å². The maximum absolute atomic E-state index is 11.4. The molecule has 0 radical (unpaired) electrons. The molecule has 2 N–H and O–H groups in total. The van der Waals surface area contributed by atoms with Gasteiger partial charge in [0.25, 0.3) is 0 Å². The molecule has 1 aromatic heterocycles. The van der Waals surface area contributed by atoms with Gasteiger partial charge in [0.15, 0.2) is 0 Å². The van der Waals surface area contributed by atoms with Crippen molar-refractivity contribution in [1.29, 1.82) is 0 Å². The number of hydrogen-bond donors (Lipinski definition) is 1. The summed E-state index contributed by atoms with van der Waals surface area (Å²) in [6.45, 7) is 4.49. The Bertz CT molecular complexity index is 602. The lowest BCUT2D eigenvalue weighted by atomic mass is 10.1. The predicted molar refractivity (Wildman–Crippen MR) is 74.7 cm³/mol. The van der Waals surface area contributed by atoms with Crippen LogP contribution >= 0.6 is 0 Å². The molecular formula is C14H18N4O2. The van der Waals surface area contributed by atoms with Crippen molar-refractivity contribution in [3.05, 3.63) is 41.2 Å². The zero-order valence-electron chi connectivity index (χ0n) is 11.8. The average molecular weight is 274 g/mol. The monoisotopic (exact) mass is 274 g/mol. The first-order valence-electron chi connectivity index (χ1n) is 6.41. The number of aromatic nitrogens is 3. The molecule has 0 unspecified atom stereocenters. The smallest absolute Gasteiger partial charge is 0.337 e. The van der Waals surface area contributed by atoms with E-state index in [0.717, 1.165) is 17.1 Å². The minimum absolute atomic E-state index is 0.254. The number of hydrogen-bond acceptors (Lipinski definition) is 5. The quantitative estimate of drug-likeness (QED) is 0.857. The number of carbonyl (C=O) groups is 1. The van der Waals surface area contributed by atoms with Gasteiger partial charge in [0, 0.05) is 6.54 Å². The van der Waals surface area contributed by atoms with E-state index in [1.165, 1.54) is 7.11 Å².